The highest BCUT2D eigenvalue weighted by Crippen LogP contribution is 2.31. The lowest BCUT2D eigenvalue weighted by atomic mass is 10.1. The Labute approximate surface area is 149 Å². The zero-order valence-electron chi connectivity index (χ0n) is 12.1. The summed E-state index contributed by atoms with van der Waals surface area (Å²) in [6, 6.07) is 8.05. The maximum atomic E-state index is 12.8. The van der Waals surface area contributed by atoms with Gasteiger partial charge in [0.1, 0.15) is 11.7 Å². The van der Waals surface area contributed by atoms with E-state index in [1.807, 2.05) is 6.26 Å². The minimum Gasteiger partial charge on any atom is -0.483 e. The normalized spacial score (nSPS) is 11.0. The second kappa shape index (κ2) is 8.17. The number of ether oxygens (including phenoxy) is 1. The highest BCUT2D eigenvalue weighted by Gasteiger charge is 2.16. The van der Waals surface area contributed by atoms with E-state index >= 15 is 0 Å². The highest BCUT2D eigenvalue weighted by atomic mass is 79.9. The summed E-state index contributed by atoms with van der Waals surface area (Å²) in [7, 11) is 0. The summed E-state index contributed by atoms with van der Waals surface area (Å²) in [6.07, 6.45) is -0.746. The molecular weight excluding hydrogens is 412 g/mol. The van der Waals surface area contributed by atoms with Crippen molar-refractivity contribution < 1.29 is 13.5 Å². The van der Waals surface area contributed by atoms with Crippen molar-refractivity contribution in [2.75, 3.05) is 12.2 Å². The van der Waals surface area contributed by atoms with Crippen LogP contribution in [0.1, 0.15) is 0 Å². The smallest absolute Gasteiger partial charge is 0.265 e. The molecule has 0 saturated heterocycles. The van der Waals surface area contributed by atoms with Crippen LogP contribution in [0.2, 0.25) is 5.02 Å². The molecule has 0 spiro atoms. The first-order chi connectivity index (χ1) is 10.9. The molecule has 1 aromatic carbocycles. The molecule has 3 nitrogen and oxygen atoms in total. The molecule has 0 atom stereocenters. The first-order valence-corrected chi connectivity index (χ1v) is 9.09. The molecule has 0 aliphatic rings. The summed E-state index contributed by atoms with van der Waals surface area (Å²) in [5, 5.41) is 0.327. The van der Waals surface area contributed by atoms with Gasteiger partial charge >= 0.3 is 0 Å². The summed E-state index contributed by atoms with van der Waals surface area (Å²) >= 11 is 10.8. The van der Waals surface area contributed by atoms with E-state index in [1.165, 1.54) is 17.8 Å². The Hall–Kier alpha value is -1.05. The number of halogens is 4. The van der Waals surface area contributed by atoms with Gasteiger partial charge < -0.3 is 9.30 Å². The fraction of sp³-hybridized carbons (Fsp3) is 0.267. The Morgan fingerprint density at radius 1 is 1.35 bits per heavy atom. The van der Waals surface area contributed by atoms with Crippen LogP contribution in [0.15, 0.2) is 39.6 Å². The van der Waals surface area contributed by atoms with E-state index in [1.54, 1.807) is 24.3 Å². The van der Waals surface area contributed by atoms with E-state index in [0.717, 1.165) is 4.57 Å². The molecule has 0 unspecified atom stereocenters. The summed E-state index contributed by atoms with van der Waals surface area (Å²) in [6.45, 7) is -0.700. The Morgan fingerprint density at radius 3 is 2.70 bits per heavy atom. The summed E-state index contributed by atoms with van der Waals surface area (Å²) < 4.78 is 32.3. The van der Waals surface area contributed by atoms with E-state index in [9.17, 15) is 13.6 Å². The average molecular weight is 425 g/mol. The zero-order chi connectivity index (χ0) is 17.0. The first kappa shape index (κ1) is 18.3. The molecule has 0 amide bonds. The van der Waals surface area contributed by atoms with E-state index in [-0.39, 0.29) is 4.47 Å². The van der Waals surface area contributed by atoms with Crippen molar-refractivity contribution in [3.05, 3.63) is 50.2 Å². The molecule has 23 heavy (non-hydrogen) atoms. The lowest BCUT2D eigenvalue weighted by molar-refractivity contribution is 0.126. The first-order valence-electron chi connectivity index (χ1n) is 6.53. The van der Waals surface area contributed by atoms with Gasteiger partial charge in [-0.2, -0.15) is 0 Å². The van der Waals surface area contributed by atoms with Crippen LogP contribution in [0.5, 0.6) is 5.75 Å². The number of hydrogen-bond acceptors (Lipinski definition) is 3. The van der Waals surface area contributed by atoms with Gasteiger partial charge in [-0.25, -0.2) is 8.78 Å². The number of nitrogens with zero attached hydrogens (tertiary/aromatic N) is 1. The number of benzene rings is 1. The third-order valence-corrected chi connectivity index (χ3v) is 4.28. The topological polar surface area (TPSA) is 31.2 Å². The van der Waals surface area contributed by atoms with Crippen LogP contribution in [-0.2, 0) is 6.54 Å². The van der Waals surface area contributed by atoms with Crippen LogP contribution in [0.4, 0.5) is 8.78 Å². The number of thioether (sulfide) groups is 1. The molecule has 0 bridgehead atoms. The molecule has 0 radical (unpaired) electrons. The van der Waals surface area contributed by atoms with Gasteiger partial charge in [-0.3, -0.25) is 4.79 Å². The van der Waals surface area contributed by atoms with E-state index in [4.69, 9.17) is 16.3 Å². The molecule has 8 heteroatoms. The number of rotatable bonds is 6. The fourth-order valence-electron chi connectivity index (χ4n) is 2.03. The Kier molecular flexibility index (Phi) is 6.50. The SMILES string of the molecule is CSCOc1ccc(-c2ccc(Br)c(=O)n2CC(F)F)c(Cl)c1. The molecule has 0 saturated carbocycles. The van der Waals surface area contributed by atoms with Gasteiger partial charge in [0, 0.05) is 5.56 Å². The van der Waals surface area contributed by atoms with Crippen LogP contribution in [-0.4, -0.2) is 23.2 Å². The zero-order valence-corrected chi connectivity index (χ0v) is 15.2. The summed E-state index contributed by atoms with van der Waals surface area (Å²) in [5.41, 5.74) is 0.301. The maximum Gasteiger partial charge on any atom is 0.265 e. The van der Waals surface area contributed by atoms with Crippen molar-refractivity contribution in [2.45, 2.75) is 13.0 Å². The lowest BCUT2D eigenvalue weighted by Crippen LogP contribution is -2.25. The molecule has 0 N–H and O–H groups in total. The van der Waals surface area contributed by atoms with E-state index in [2.05, 4.69) is 15.9 Å². The predicted molar refractivity (Wildman–Crippen MR) is 93.9 cm³/mol. The van der Waals surface area contributed by atoms with Gasteiger partial charge in [0.15, 0.2) is 0 Å². The van der Waals surface area contributed by atoms with Crippen LogP contribution in [0.3, 0.4) is 0 Å². The Balaban J connectivity index is 2.49. The van der Waals surface area contributed by atoms with Crippen molar-refractivity contribution in [2.24, 2.45) is 0 Å². The maximum absolute atomic E-state index is 12.8. The number of pyridine rings is 1. The lowest BCUT2D eigenvalue weighted by Gasteiger charge is -2.15. The van der Waals surface area contributed by atoms with Crippen LogP contribution in [0, 0.1) is 0 Å². The quantitative estimate of drug-likeness (QED) is 0.618. The van der Waals surface area contributed by atoms with Gasteiger partial charge in [-0.1, -0.05) is 11.6 Å². The molecule has 2 aromatic rings. The summed E-state index contributed by atoms with van der Waals surface area (Å²) in [5.74, 6) is 1.05. The Bertz CT molecular complexity index is 755. The number of alkyl halides is 2. The highest BCUT2D eigenvalue weighted by molar-refractivity contribution is 9.10. The molecule has 2 rings (SSSR count). The van der Waals surface area contributed by atoms with Gasteiger partial charge in [-0.05, 0) is 52.5 Å². The largest absolute Gasteiger partial charge is 0.483 e. The van der Waals surface area contributed by atoms with Gasteiger partial charge in [0.2, 0.25) is 0 Å². The van der Waals surface area contributed by atoms with Crippen molar-refractivity contribution >= 4 is 39.3 Å². The molecule has 124 valence electrons. The van der Waals surface area contributed by atoms with Gasteiger partial charge in [-0.15, -0.1) is 11.8 Å². The van der Waals surface area contributed by atoms with E-state index < -0.39 is 18.5 Å². The third kappa shape index (κ3) is 4.49. The van der Waals surface area contributed by atoms with Crippen LogP contribution >= 0.6 is 39.3 Å². The van der Waals surface area contributed by atoms with Gasteiger partial charge in [0.05, 0.1) is 21.7 Å². The van der Waals surface area contributed by atoms with Gasteiger partial charge in [0.25, 0.3) is 12.0 Å². The number of hydrogen-bond donors (Lipinski definition) is 0. The second-order valence-corrected chi connectivity index (χ2v) is 6.64. The van der Waals surface area contributed by atoms with Crippen LogP contribution < -0.4 is 10.3 Å². The fourth-order valence-corrected chi connectivity index (χ4v) is 2.89. The van der Waals surface area contributed by atoms with Crippen LogP contribution in [0.25, 0.3) is 11.3 Å². The van der Waals surface area contributed by atoms with Crippen molar-refractivity contribution in [1.82, 2.24) is 4.57 Å². The average Bonchev–Trinajstić information content (AvgIpc) is 2.50. The molecule has 0 aliphatic heterocycles. The molecular formula is C15H13BrClF2NO2S. The minimum absolute atomic E-state index is 0.220. The second-order valence-electron chi connectivity index (χ2n) is 4.57. The molecule has 0 aliphatic carbocycles. The predicted octanol–water partition coefficient (Wildman–Crippen LogP) is 4.90. The van der Waals surface area contributed by atoms with Crippen molar-refractivity contribution in [1.29, 1.82) is 0 Å². The molecule has 1 aromatic heterocycles. The molecule has 1 heterocycles. The minimum atomic E-state index is -2.65. The molecule has 0 fully saturated rings. The monoisotopic (exact) mass is 423 g/mol. The van der Waals surface area contributed by atoms with E-state index in [0.29, 0.717) is 28.0 Å². The third-order valence-electron chi connectivity index (χ3n) is 3.01. The van der Waals surface area contributed by atoms with Crippen molar-refractivity contribution in [3.63, 3.8) is 0 Å². The van der Waals surface area contributed by atoms with Crippen molar-refractivity contribution in [3.8, 4) is 17.0 Å². The Morgan fingerprint density at radius 2 is 2.09 bits per heavy atom. The number of aromatic nitrogens is 1. The summed E-state index contributed by atoms with van der Waals surface area (Å²) in [4.78, 5) is 12.1. The standard InChI is InChI=1S/C15H13BrClF2NO2S/c1-23-8-22-9-2-3-10(12(17)6-9)13-5-4-11(16)15(21)20(13)7-14(18)19/h2-6,14H,7-8H2,1H3.